The Bertz CT molecular complexity index is 1740. The predicted octanol–water partition coefficient (Wildman–Crippen LogP) is 4.44. The molecule has 0 radical (unpaired) electrons. The minimum Gasteiger partial charge on any atom is -0.489 e. The predicted molar refractivity (Wildman–Crippen MR) is 158 cm³/mol. The van der Waals surface area contributed by atoms with E-state index in [-0.39, 0.29) is 12.2 Å². The maximum Gasteiger partial charge on any atom is 0.338 e. The molecule has 4 aromatic rings. The molecule has 0 aliphatic carbocycles. The van der Waals surface area contributed by atoms with Gasteiger partial charge in [0.25, 0.3) is 5.56 Å². The minimum atomic E-state index is -0.644. The summed E-state index contributed by atoms with van der Waals surface area (Å²) in [4.78, 5) is 34.2. The van der Waals surface area contributed by atoms with Crippen molar-refractivity contribution in [3.63, 3.8) is 0 Å². The zero-order valence-corrected chi connectivity index (χ0v) is 23.8. The molecule has 0 bridgehead atoms. The quantitative estimate of drug-likeness (QED) is 0.302. The summed E-state index contributed by atoms with van der Waals surface area (Å²) >= 11 is 1.30. The van der Waals surface area contributed by atoms with E-state index >= 15 is 0 Å². The summed E-state index contributed by atoms with van der Waals surface area (Å²) in [6.45, 7) is 4.24. The van der Waals surface area contributed by atoms with Crippen LogP contribution in [0.15, 0.2) is 99.9 Å². The van der Waals surface area contributed by atoms with Crippen molar-refractivity contribution in [3.05, 3.63) is 127 Å². The van der Waals surface area contributed by atoms with E-state index in [2.05, 4.69) is 4.99 Å². The van der Waals surface area contributed by atoms with Crippen molar-refractivity contribution in [1.29, 1.82) is 0 Å². The van der Waals surface area contributed by atoms with Gasteiger partial charge in [-0.25, -0.2) is 9.79 Å². The van der Waals surface area contributed by atoms with Gasteiger partial charge >= 0.3 is 5.97 Å². The summed E-state index contributed by atoms with van der Waals surface area (Å²) in [6, 6.07) is 24.8. The molecule has 40 heavy (non-hydrogen) atoms. The third kappa shape index (κ3) is 5.62. The molecule has 0 unspecified atom stereocenters. The Hall–Kier alpha value is -4.43. The number of carbonyl (C=O) groups excluding carboxylic acids is 1. The van der Waals surface area contributed by atoms with Gasteiger partial charge in [-0.2, -0.15) is 0 Å². The second-order valence-electron chi connectivity index (χ2n) is 9.63. The Kier molecular flexibility index (Phi) is 7.98. The van der Waals surface area contributed by atoms with Gasteiger partial charge in [0.1, 0.15) is 12.4 Å². The van der Waals surface area contributed by atoms with Crippen molar-refractivity contribution in [2.45, 2.75) is 26.5 Å². The van der Waals surface area contributed by atoms with Crippen molar-refractivity contribution in [2.24, 2.45) is 4.99 Å². The lowest BCUT2D eigenvalue weighted by molar-refractivity contribution is -0.139. The van der Waals surface area contributed by atoms with E-state index in [0.29, 0.717) is 33.0 Å². The highest BCUT2D eigenvalue weighted by atomic mass is 32.1. The number of esters is 1. The zero-order chi connectivity index (χ0) is 28.2. The maximum absolute atomic E-state index is 13.9. The van der Waals surface area contributed by atoms with Gasteiger partial charge in [-0.05, 0) is 60.9 Å². The number of nitrogens with zero attached hydrogens (tertiary/aromatic N) is 3. The Balaban J connectivity index is 1.56. The number of carbonyl (C=O) groups is 1. The van der Waals surface area contributed by atoms with Crippen LogP contribution in [0.25, 0.3) is 6.08 Å². The highest BCUT2D eigenvalue weighted by Gasteiger charge is 2.33. The molecule has 1 atom stereocenters. The zero-order valence-electron chi connectivity index (χ0n) is 23.0. The van der Waals surface area contributed by atoms with Crippen LogP contribution in [0.1, 0.15) is 36.6 Å². The topological polar surface area (TPSA) is 73.1 Å². The number of hydrogen-bond donors (Lipinski definition) is 0. The summed E-state index contributed by atoms with van der Waals surface area (Å²) in [5.74, 6) is 0.243. The van der Waals surface area contributed by atoms with E-state index in [1.165, 1.54) is 11.3 Å². The fraction of sp³-hybridized carbons (Fsp3) is 0.219. The molecule has 204 valence electrons. The first kappa shape index (κ1) is 27.1. The Morgan fingerprint density at radius 3 is 2.50 bits per heavy atom. The van der Waals surface area contributed by atoms with Crippen LogP contribution in [0.3, 0.4) is 0 Å². The van der Waals surface area contributed by atoms with Gasteiger partial charge in [0.2, 0.25) is 0 Å². The van der Waals surface area contributed by atoms with Gasteiger partial charge in [0.15, 0.2) is 4.80 Å². The van der Waals surface area contributed by atoms with Crippen molar-refractivity contribution < 1.29 is 14.3 Å². The fourth-order valence-electron chi connectivity index (χ4n) is 4.65. The van der Waals surface area contributed by atoms with E-state index in [9.17, 15) is 9.59 Å². The number of hydrogen-bond acceptors (Lipinski definition) is 7. The molecule has 3 aromatic carbocycles. The maximum atomic E-state index is 13.9. The third-order valence-corrected chi connectivity index (χ3v) is 7.63. The summed E-state index contributed by atoms with van der Waals surface area (Å²) in [5, 5.41) is 0. The van der Waals surface area contributed by atoms with Crippen molar-refractivity contribution >= 4 is 29.1 Å². The number of thiazole rings is 1. The lowest BCUT2D eigenvalue weighted by Crippen LogP contribution is -2.39. The molecule has 1 aromatic heterocycles. The molecular formula is C32H31N3O4S. The van der Waals surface area contributed by atoms with E-state index < -0.39 is 12.0 Å². The number of allylic oxidation sites excluding steroid dienone is 1. The summed E-state index contributed by atoms with van der Waals surface area (Å²) in [5.41, 5.74) is 4.45. The summed E-state index contributed by atoms with van der Waals surface area (Å²) in [7, 11) is 3.93. The van der Waals surface area contributed by atoms with Crippen molar-refractivity contribution in [3.8, 4) is 5.75 Å². The summed E-state index contributed by atoms with van der Waals surface area (Å²) in [6.07, 6.45) is 1.84. The largest absolute Gasteiger partial charge is 0.489 e. The number of anilines is 1. The van der Waals surface area contributed by atoms with Gasteiger partial charge in [-0.3, -0.25) is 9.36 Å². The highest BCUT2D eigenvalue weighted by Crippen LogP contribution is 2.31. The average molecular weight is 554 g/mol. The number of aromatic nitrogens is 1. The summed E-state index contributed by atoms with van der Waals surface area (Å²) < 4.78 is 13.5. The minimum absolute atomic E-state index is 0.213. The standard InChI is InChI=1S/C32H31N3O4S/c1-5-38-31(37)28-21(2)33-32-35(29(28)24-14-16-25(17-15-24)34(3)4)30(36)27(40-32)19-23-12-9-13-26(18-23)39-20-22-10-7-6-8-11-22/h6-19,29H,5,20H2,1-4H3/b27-19-/t29-/m1/s1. The first-order chi connectivity index (χ1) is 19.4. The normalized spacial score (nSPS) is 14.9. The van der Waals surface area contributed by atoms with Crippen LogP contribution >= 0.6 is 11.3 Å². The smallest absolute Gasteiger partial charge is 0.338 e. The van der Waals surface area contributed by atoms with E-state index in [4.69, 9.17) is 9.47 Å². The van der Waals surface area contributed by atoms with E-state index in [1.54, 1.807) is 18.4 Å². The number of benzene rings is 3. The molecule has 1 aliphatic heterocycles. The molecule has 0 spiro atoms. The SMILES string of the molecule is CCOC(=O)C1=C(C)N=c2s/c(=C\c3cccc(OCc4ccccc4)c3)c(=O)n2[C@@H]1c1ccc(N(C)C)cc1. The van der Waals surface area contributed by atoms with Gasteiger partial charge in [-0.1, -0.05) is 65.9 Å². The van der Waals surface area contributed by atoms with Crippen LogP contribution < -0.4 is 24.5 Å². The first-order valence-corrected chi connectivity index (χ1v) is 13.9. The lowest BCUT2D eigenvalue weighted by atomic mass is 9.95. The van der Waals surface area contributed by atoms with Crippen LogP contribution in [-0.2, 0) is 16.1 Å². The molecule has 0 N–H and O–H groups in total. The second-order valence-corrected chi connectivity index (χ2v) is 10.6. The first-order valence-electron chi connectivity index (χ1n) is 13.1. The Morgan fingerprint density at radius 1 is 1.05 bits per heavy atom. The van der Waals surface area contributed by atoms with Crippen molar-refractivity contribution in [1.82, 2.24) is 4.57 Å². The Labute approximate surface area is 237 Å². The molecule has 5 rings (SSSR count). The second kappa shape index (κ2) is 11.8. The molecule has 0 saturated carbocycles. The van der Waals surface area contributed by atoms with Crippen LogP contribution in [0.4, 0.5) is 5.69 Å². The Morgan fingerprint density at radius 2 is 1.80 bits per heavy atom. The van der Waals surface area contributed by atoms with Gasteiger partial charge in [0.05, 0.1) is 28.5 Å². The van der Waals surface area contributed by atoms with Gasteiger partial charge < -0.3 is 14.4 Å². The average Bonchev–Trinajstić information content (AvgIpc) is 3.26. The van der Waals surface area contributed by atoms with Crippen LogP contribution in [0.5, 0.6) is 5.75 Å². The molecule has 0 saturated heterocycles. The fourth-order valence-corrected chi connectivity index (χ4v) is 5.69. The molecule has 0 fully saturated rings. The van der Waals surface area contributed by atoms with Gasteiger partial charge in [-0.15, -0.1) is 0 Å². The molecule has 7 nitrogen and oxygen atoms in total. The van der Waals surface area contributed by atoms with Crippen LogP contribution in [0, 0.1) is 0 Å². The van der Waals surface area contributed by atoms with E-state index in [1.807, 2.05) is 104 Å². The third-order valence-electron chi connectivity index (χ3n) is 6.65. The molecule has 0 amide bonds. The molecule has 1 aliphatic rings. The monoisotopic (exact) mass is 553 g/mol. The molecule has 8 heteroatoms. The van der Waals surface area contributed by atoms with E-state index in [0.717, 1.165) is 22.4 Å². The number of rotatable bonds is 8. The highest BCUT2D eigenvalue weighted by molar-refractivity contribution is 7.07. The molecular weight excluding hydrogens is 522 g/mol. The lowest BCUT2D eigenvalue weighted by Gasteiger charge is -2.25. The van der Waals surface area contributed by atoms with Crippen molar-refractivity contribution in [2.75, 3.05) is 25.6 Å². The van der Waals surface area contributed by atoms with Gasteiger partial charge in [0, 0.05) is 19.8 Å². The van der Waals surface area contributed by atoms with Crippen LogP contribution in [0.2, 0.25) is 0 Å². The number of fused-ring (bicyclic) bond motifs is 1. The van der Waals surface area contributed by atoms with Crippen LogP contribution in [-0.4, -0.2) is 31.2 Å². The molecule has 2 heterocycles. The number of ether oxygens (including phenoxy) is 2.